The maximum atomic E-state index is 14.3. The standard InChI is InChI=1S/C37H45FN6O3/c1-22-33(40-44-19-26(14-32(47-2)34(22)44)37(46)42-20-28(38)15-29(39)21-42)31-13-25-9-6-10-30(35(25)43(31)16-23-11-12-23)27-17-41(18-27)36(45)24-7-4-3-5-8-24/h6,9-10,13-14,19,23-24,27-29H,3-5,7-8,11-12,15-18,20-21,39H2,1-2H3/t28-,29-/m1/s1. The van der Waals surface area contributed by atoms with Gasteiger partial charge in [0, 0.05) is 61.2 Å². The fourth-order valence-electron chi connectivity index (χ4n) is 8.32. The van der Waals surface area contributed by atoms with Gasteiger partial charge in [0.05, 0.1) is 30.4 Å². The first-order valence-electron chi connectivity index (χ1n) is 17.5. The second-order valence-electron chi connectivity index (χ2n) is 14.5. The fourth-order valence-corrected chi connectivity index (χ4v) is 8.32. The zero-order chi connectivity index (χ0) is 32.4. The number of amides is 2. The van der Waals surface area contributed by atoms with Crippen molar-refractivity contribution in [3.63, 3.8) is 0 Å². The predicted molar refractivity (Wildman–Crippen MR) is 179 cm³/mol. The van der Waals surface area contributed by atoms with Crippen molar-refractivity contribution in [2.24, 2.45) is 17.6 Å². The quantitative estimate of drug-likeness (QED) is 0.280. The van der Waals surface area contributed by atoms with Crippen molar-refractivity contribution in [1.82, 2.24) is 24.0 Å². The topological polar surface area (TPSA) is 98.1 Å². The number of fused-ring (bicyclic) bond motifs is 2. The number of halogens is 1. The number of methoxy groups -OCH3 is 1. The summed E-state index contributed by atoms with van der Waals surface area (Å²) in [4.78, 5) is 30.4. The highest BCUT2D eigenvalue weighted by Gasteiger charge is 2.37. The van der Waals surface area contributed by atoms with E-state index in [0.29, 0.717) is 35.6 Å². The van der Waals surface area contributed by atoms with Gasteiger partial charge in [-0.3, -0.25) is 9.59 Å². The number of hydrogen-bond acceptors (Lipinski definition) is 5. The molecule has 0 radical (unpaired) electrons. The largest absolute Gasteiger partial charge is 0.494 e. The Bertz CT molecular complexity index is 1840. The van der Waals surface area contributed by atoms with E-state index in [1.54, 1.807) is 23.9 Å². The van der Waals surface area contributed by atoms with Crippen molar-refractivity contribution in [3.05, 3.63) is 53.2 Å². The number of benzene rings is 1. The first kappa shape index (κ1) is 30.4. The zero-order valence-corrected chi connectivity index (χ0v) is 27.5. The molecule has 4 fully saturated rings. The Balaban J connectivity index is 1.16. The Morgan fingerprint density at radius 1 is 1.00 bits per heavy atom. The lowest BCUT2D eigenvalue weighted by Crippen LogP contribution is -2.51. The van der Waals surface area contributed by atoms with Crippen LogP contribution in [0.15, 0.2) is 36.5 Å². The first-order valence-corrected chi connectivity index (χ1v) is 17.5. The average Bonchev–Trinajstić information content (AvgIpc) is 3.71. The minimum absolute atomic E-state index is 0.0351. The minimum Gasteiger partial charge on any atom is -0.494 e. The molecule has 10 heteroatoms. The van der Waals surface area contributed by atoms with Crippen LogP contribution < -0.4 is 10.5 Å². The van der Waals surface area contributed by atoms with Gasteiger partial charge in [-0.2, -0.15) is 5.10 Å². The van der Waals surface area contributed by atoms with Gasteiger partial charge in [-0.05, 0) is 62.6 Å². The number of aromatic nitrogens is 3. The van der Waals surface area contributed by atoms with Gasteiger partial charge in [-0.25, -0.2) is 8.91 Å². The van der Waals surface area contributed by atoms with Crippen LogP contribution in [0.25, 0.3) is 27.8 Å². The maximum Gasteiger partial charge on any atom is 0.255 e. The molecule has 4 aromatic rings. The molecule has 0 bridgehead atoms. The minimum atomic E-state index is -1.13. The summed E-state index contributed by atoms with van der Waals surface area (Å²) in [5.41, 5.74) is 12.7. The highest BCUT2D eigenvalue weighted by Crippen LogP contribution is 2.42. The molecule has 0 spiro atoms. The molecule has 2 saturated heterocycles. The summed E-state index contributed by atoms with van der Waals surface area (Å²) in [5, 5.41) is 6.26. The van der Waals surface area contributed by atoms with E-state index in [4.69, 9.17) is 15.6 Å². The highest BCUT2D eigenvalue weighted by atomic mass is 19.1. The zero-order valence-electron chi connectivity index (χ0n) is 27.5. The third-order valence-corrected chi connectivity index (χ3v) is 11.0. The van der Waals surface area contributed by atoms with Gasteiger partial charge in [-0.1, -0.05) is 37.5 Å². The van der Waals surface area contributed by atoms with E-state index in [0.717, 1.165) is 54.9 Å². The van der Waals surface area contributed by atoms with Crippen LogP contribution in [-0.4, -0.2) is 81.3 Å². The number of nitrogens with two attached hydrogens (primary N) is 1. The lowest BCUT2D eigenvalue weighted by molar-refractivity contribution is -0.141. The number of aryl methyl sites for hydroxylation is 1. The van der Waals surface area contributed by atoms with Crippen LogP contribution in [0.1, 0.15) is 78.8 Å². The van der Waals surface area contributed by atoms with Crippen molar-refractivity contribution < 1.29 is 18.7 Å². The Kier molecular flexibility index (Phi) is 7.73. The number of piperidine rings is 1. The summed E-state index contributed by atoms with van der Waals surface area (Å²) in [6.07, 6.45) is 8.96. The lowest BCUT2D eigenvalue weighted by Gasteiger charge is -2.42. The van der Waals surface area contributed by atoms with Crippen LogP contribution in [0.4, 0.5) is 4.39 Å². The van der Waals surface area contributed by atoms with Gasteiger partial charge in [0.15, 0.2) is 0 Å². The summed E-state index contributed by atoms with van der Waals surface area (Å²) in [5.74, 6) is 1.77. The van der Waals surface area contributed by atoms with E-state index in [1.165, 1.54) is 53.5 Å². The molecule has 2 saturated carbocycles. The van der Waals surface area contributed by atoms with Crippen LogP contribution in [0.2, 0.25) is 0 Å². The summed E-state index contributed by atoms with van der Waals surface area (Å²) in [6, 6.07) is 10.2. The normalized spacial score (nSPS) is 22.6. The molecular formula is C37H45FN6O3. The summed E-state index contributed by atoms with van der Waals surface area (Å²) >= 11 is 0. The number of nitrogens with zero attached hydrogens (tertiary/aromatic N) is 5. The Labute approximate surface area is 274 Å². The molecule has 2 amide bonds. The number of carbonyl (C=O) groups excluding carboxylic acids is 2. The summed E-state index contributed by atoms with van der Waals surface area (Å²) in [7, 11) is 1.60. The van der Waals surface area contributed by atoms with E-state index in [2.05, 4.69) is 40.7 Å². The monoisotopic (exact) mass is 640 g/mol. The van der Waals surface area contributed by atoms with Gasteiger partial charge < -0.3 is 24.8 Å². The van der Waals surface area contributed by atoms with Gasteiger partial charge in [-0.15, -0.1) is 0 Å². The lowest BCUT2D eigenvalue weighted by atomic mass is 9.84. The number of rotatable bonds is 7. The molecule has 2 aliphatic carbocycles. The highest BCUT2D eigenvalue weighted by molar-refractivity contribution is 5.96. The number of ether oxygens (including phenoxy) is 1. The van der Waals surface area contributed by atoms with Crippen LogP contribution >= 0.6 is 0 Å². The molecule has 2 aliphatic heterocycles. The fraction of sp³-hybridized carbons (Fsp3) is 0.541. The van der Waals surface area contributed by atoms with E-state index in [1.807, 2.05) is 0 Å². The Morgan fingerprint density at radius 2 is 1.79 bits per heavy atom. The molecule has 9 nitrogen and oxygen atoms in total. The van der Waals surface area contributed by atoms with E-state index >= 15 is 0 Å². The average molecular weight is 641 g/mol. The van der Waals surface area contributed by atoms with Crippen LogP contribution in [0.5, 0.6) is 5.75 Å². The SMILES string of the molecule is COc1cc(C(=O)N2C[C@H](N)C[C@@H](F)C2)cn2nc(-c3cc4cccc(C5CN(C(=O)C6CCCCC6)C5)c4n3CC3CC3)c(C)c12. The molecular weight excluding hydrogens is 595 g/mol. The van der Waals surface area contributed by atoms with Crippen molar-refractivity contribution in [2.75, 3.05) is 33.3 Å². The number of alkyl halides is 1. The molecule has 0 unspecified atom stereocenters. The first-order chi connectivity index (χ1) is 22.8. The maximum absolute atomic E-state index is 14.3. The molecule has 8 rings (SSSR count). The Hall–Kier alpha value is -3.92. The molecule has 47 heavy (non-hydrogen) atoms. The molecule has 2 atom stereocenters. The number of para-hydroxylation sites is 1. The molecule has 4 aliphatic rings. The van der Waals surface area contributed by atoms with Crippen LogP contribution in [0, 0.1) is 18.8 Å². The summed E-state index contributed by atoms with van der Waals surface area (Å²) < 4.78 is 24.3. The molecule has 3 aromatic heterocycles. The molecule has 2 N–H and O–H groups in total. The van der Waals surface area contributed by atoms with Crippen molar-refractivity contribution >= 4 is 28.2 Å². The van der Waals surface area contributed by atoms with E-state index < -0.39 is 6.17 Å². The second-order valence-corrected chi connectivity index (χ2v) is 14.5. The van der Waals surface area contributed by atoms with Crippen molar-refractivity contribution in [1.29, 1.82) is 0 Å². The second kappa shape index (κ2) is 12.0. The van der Waals surface area contributed by atoms with Gasteiger partial charge >= 0.3 is 0 Å². The van der Waals surface area contributed by atoms with Crippen LogP contribution in [0.3, 0.4) is 0 Å². The van der Waals surface area contributed by atoms with E-state index in [-0.39, 0.29) is 30.8 Å². The number of likely N-dealkylation sites (tertiary alicyclic amines) is 2. The molecule has 1 aromatic carbocycles. The predicted octanol–water partition coefficient (Wildman–Crippen LogP) is 5.70. The van der Waals surface area contributed by atoms with Crippen LogP contribution in [-0.2, 0) is 11.3 Å². The molecule has 248 valence electrons. The third kappa shape index (κ3) is 5.48. The van der Waals surface area contributed by atoms with Crippen molar-refractivity contribution in [3.8, 4) is 17.1 Å². The van der Waals surface area contributed by atoms with Gasteiger partial charge in [0.1, 0.15) is 23.1 Å². The van der Waals surface area contributed by atoms with Gasteiger partial charge in [0.25, 0.3) is 5.91 Å². The van der Waals surface area contributed by atoms with Crippen molar-refractivity contribution in [2.45, 2.75) is 83.0 Å². The van der Waals surface area contributed by atoms with Gasteiger partial charge in [0.2, 0.25) is 5.91 Å². The number of hydrogen-bond donors (Lipinski definition) is 1. The number of pyridine rings is 1. The van der Waals surface area contributed by atoms with E-state index in [9.17, 15) is 14.0 Å². The Morgan fingerprint density at radius 3 is 2.51 bits per heavy atom. The smallest absolute Gasteiger partial charge is 0.255 e. The third-order valence-electron chi connectivity index (χ3n) is 11.0. The molecule has 5 heterocycles. The summed E-state index contributed by atoms with van der Waals surface area (Å²) in [6.45, 7) is 4.89. The number of carbonyl (C=O) groups is 2.